The van der Waals surface area contributed by atoms with Crippen LogP contribution in [0.15, 0.2) is 39.7 Å². The number of nitrogens with zero attached hydrogens (tertiary/aromatic N) is 1. The van der Waals surface area contributed by atoms with Crippen molar-refractivity contribution in [1.82, 2.24) is 4.57 Å². The minimum atomic E-state index is -0.529. The molecule has 2 N–H and O–H groups in total. The fourth-order valence-corrected chi connectivity index (χ4v) is 1.93. The average Bonchev–Trinajstić information content (AvgIpc) is 2.22. The number of aromatic nitrogens is 1. The van der Waals surface area contributed by atoms with Crippen LogP contribution in [0.1, 0.15) is 0 Å². The standard InChI is InChI=1S/C11H9BrN2O2/c12-8-1-2-9-7(5-8)3-4-14(11(9)16)6-10(13)15/h1-5H,6H2,(H2,13,15). The lowest BCUT2D eigenvalue weighted by Gasteiger charge is -2.04. The molecule has 0 aliphatic heterocycles. The number of halogens is 1. The van der Waals surface area contributed by atoms with E-state index in [-0.39, 0.29) is 12.1 Å². The van der Waals surface area contributed by atoms with Crippen LogP contribution in [0.5, 0.6) is 0 Å². The molecule has 16 heavy (non-hydrogen) atoms. The highest BCUT2D eigenvalue weighted by atomic mass is 79.9. The summed E-state index contributed by atoms with van der Waals surface area (Å²) < 4.78 is 2.21. The lowest BCUT2D eigenvalue weighted by atomic mass is 10.2. The van der Waals surface area contributed by atoms with Crippen molar-refractivity contribution in [1.29, 1.82) is 0 Å². The van der Waals surface area contributed by atoms with Crippen molar-refractivity contribution in [2.24, 2.45) is 5.73 Å². The van der Waals surface area contributed by atoms with Crippen molar-refractivity contribution in [3.63, 3.8) is 0 Å². The van der Waals surface area contributed by atoms with Crippen LogP contribution in [0, 0.1) is 0 Å². The molecule has 1 amide bonds. The van der Waals surface area contributed by atoms with Crippen LogP contribution in [0.2, 0.25) is 0 Å². The van der Waals surface area contributed by atoms with Gasteiger partial charge in [0.2, 0.25) is 5.91 Å². The topological polar surface area (TPSA) is 65.1 Å². The number of carbonyl (C=O) groups is 1. The number of benzene rings is 1. The van der Waals surface area contributed by atoms with Gasteiger partial charge in [-0.2, -0.15) is 0 Å². The van der Waals surface area contributed by atoms with Gasteiger partial charge in [0.1, 0.15) is 6.54 Å². The lowest BCUT2D eigenvalue weighted by molar-refractivity contribution is -0.118. The van der Waals surface area contributed by atoms with E-state index in [0.29, 0.717) is 5.39 Å². The molecule has 2 aromatic rings. The molecule has 0 spiro atoms. The van der Waals surface area contributed by atoms with Crippen molar-refractivity contribution in [2.45, 2.75) is 6.54 Å². The summed E-state index contributed by atoms with van der Waals surface area (Å²) in [5.41, 5.74) is 4.85. The maximum atomic E-state index is 11.9. The highest BCUT2D eigenvalue weighted by Crippen LogP contribution is 2.16. The van der Waals surface area contributed by atoms with E-state index in [1.807, 2.05) is 6.07 Å². The van der Waals surface area contributed by atoms with E-state index in [0.717, 1.165) is 9.86 Å². The maximum Gasteiger partial charge on any atom is 0.258 e. The molecule has 0 saturated heterocycles. The number of pyridine rings is 1. The number of amides is 1. The van der Waals surface area contributed by atoms with E-state index >= 15 is 0 Å². The second-order valence-corrected chi connectivity index (χ2v) is 4.36. The highest BCUT2D eigenvalue weighted by molar-refractivity contribution is 9.10. The van der Waals surface area contributed by atoms with E-state index in [1.165, 1.54) is 4.57 Å². The Hall–Kier alpha value is -1.62. The Labute approximate surface area is 99.8 Å². The minimum Gasteiger partial charge on any atom is -0.368 e. The van der Waals surface area contributed by atoms with Crippen LogP contribution in [0.25, 0.3) is 10.8 Å². The van der Waals surface area contributed by atoms with Gasteiger partial charge in [-0.3, -0.25) is 9.59 Å². The summed E-state index contributed by atoms with van der Waals surface area (Å²) in [6.07, 6.45) is 1.57. The predicted molar refractivity (Wildman–Crippen MR) is 65.1 cm³/mol. The van der Waals surface area contributed by atoms with Crippen LogP contribution in [0.4, 0.5) is 0 Å². The molecule has 1 aromatic heterocycles. The molecule has 0 fully saturated rings. The van der Waals surface area contributed by atoms with Gasteiger partial charge in [-0.1, -0.05) is 15.9 Å². The van der Waals surface area contributed by atoms with Gasteiger partial charge < -0.3 is 10.3 Å². The molecule has 0 saturated carbocycles. The van der Waals surface area contributed by atoms with Crippen molar-refractivity contribution in [3.05, 3.63) is 45.3 Å². The second kappa shape index (κ2) is 4.09. The third-order valence-corrected chi connectivity index (χ3v) is 2.76. The van der Waals surface area contributed by atoms with Gasteiger partial charge in [0.25, 0.3) is 5.56 Å². The normalized spacial score (nSPS) is 10.6. The summed E-state index contributed by atoms with van der Waals surface area (Å²) >= 11 is 3.33. The fourth-order valence-electron chi connectivity index (χ4n) is 1.55. The number of hydrogen-bond donors (Lipinski definition) is 1. The van der Waals surface area contributed by atoms with Crippen LogP contribution < -0.4 is 11.3 Å². The third kappa shape index (κ3) is 1.99. The quantitative estimate of drug-likeness (QED) is 0.900. The summed E-state index contributed by atoms with van der Waals surface area (Å²) in [5.74, 6) is -0.529. The van der Waals surface area contributed by atoms with Gasteiger partial charge in [-0.25, -0.2) is 0 Å². The van der Waals surface area contributed by atoms with Crippen LogP contribution in [0.3, 0.4) is 0 Å². The molecule has 1 aromatic carbocycles. The molecule has 2 rings (SSSR count). The van der Waals surface area contributed by atoms with Gasteiger partial charge in [-0.15, -0.1) is 0 Å². The van der Waals surface area contributed by atoms with Crippen molar-refractivity contribution >= 4 is 32.6 Å². The maximum absolute atomic E-state index is 11.9. The van der Waals surface area contributed by atoms with Crippen molar-refractivity contribution < 1.29 is 4.79 Å². The zero-order valence-corrected chi connectivity index (χ0v) is 9.90. The number of hydrogen-bond acceptors (Lipinski definition) is 2. The first-order chi connectivity index (χ1) is 7.58. The molecule has 0 aliphatic carbocycles. The van der Waals surface area contributed by atoms with Gasteiger partial charge in [0.15, 0.2) is 0 Å². The summed E-state index contributed by atoms with van der Waals surface area (Å²) in [6.45, 7) is -0.0924. The lowest BCUT2D eigenvalue weighted by Crippen LogP contribution is -2.27. The number of carbonyl (C=O) groups excluding carboxylic acids is 1. The molecule has 82 valence electrons. The SMILES string of the molecule is NC(=O)Cn1ccc2cc(Br)ccc2c1=O. The number of rotatable bonds is 2. The van der Waals surface area contributed by atoms with Crippen LogP contribution in [-0.2, 0) is 11.3 Å². The molecule has 5 heteroatoms. The number of primary amides is 1. The molecule has 4 nitrogen and oxygen atoms in total. The van der Waals surface area contributed by atoms with E-state index in [4.69, 9.17) is 5.73 Å². The summed E-state index contributed by atoms with van der Waals surface area (Å²) in [5, 5.41) is 1.41. The first-order valence-electron chi connectivity index (χ1n) is 4.65. The Kier molecular flexibility index (Phi) is 2.78. The summed E-state index contributed by atoms with van der Waals surface area (Å²) in [7, 11) is 0. The minimum absolute atomic E-state index is 0.0924. The Morgan fingerprint density at radius 2 is 2.12 bits per heavy atom. The van der Waals surface area contributed by atoms with Crippen LogP contribution >= 0.6 is 15.9 Å². The zero-order valence-electron chi connectivity index (χ0n) is 8.31. The first-order valence-corrected chi connectivity index (χ1v) is 5.44. The first kappa shape index (κ1) is 10.9. The fraction of sp³-hybridized carbons (Fsp3) is 0.0909. The van der Waals surface area contributed by atoms with E-state index < -0.39 is 5.91 Å². The zero-order chi connectivity index (χ0) is 11.7. The molecular formula is C11H9BrN2O2. The smallest absolute Gasteiger partial charge is 0.258 e. The largest absolute Gasteiger partial charge is 0.368 e. The molecule has 0 atom stereocenters. The van der Waals surface area contributed by atoms with Gasteiger partial charge in [-0.05, 0) is 29.7 Å². The van der Waals surface area contributed by atoms with Gasteiger partial charge in [0.05, 0.1) is 0 Å². The molecule has 0 unspecified atom stereocenters. The van der Waals surface area contributed by atoms with Crippen LogP contribution in [-0.4, -0.2) is 10.5 Å². The van der Waals surface area contributed by atoms with Crippen molar-refractivity contribution in [3.8, 4) is 0 Å². The average molecular weight is 281 g/mol. The molecule has 0 bridgehead atoms. The van der Waals surface area contributed by atoms with E-state index in [9.17, 15) is 9.59 Å². The number of nitrogens with two attached hydrogens (primary N) is 1. The highest BCUT2D eigenvalue weighted by Gasteiger charge is 2.04. The molecule has 0 radical (unpaired) electrons. The van der Waals surface area contributed by atoms with Gasteiger partial charge >= 0.3 is 0 Å². The second-order valence-electron chi connectivity index (χ2n) is 3.45. The Bertz CT molecular complexity index is 619. The summed E-state index contributed by atoms with van der Waals surface area (Å²) in [4.78, 5) is 22.7. The molecule has 0 aliphatic rings. The Morgan fingerprint density at radius 1 is 1.38 bits per heavy atom. The predicted octanol–water partition coefficient (Wildman–Crippen LogP) is 1.25. The Morgan fingerprint density at radius 3 is 2.81 bits per heavy atom. The number of fused-ring (bicyclic) bond motifs is 1. The Balaban J connectivity index is 2.66. The molecule has 1 heterocycles. The summed E-state index contributed by atoms with van der Waals surface area (Å²) in [6, 6.07) is 7.15. The molecular weight excluding hydrogens is 272 g/mol. The van der Waals surface area contributed by atoms with Crippen molar-refractivity contribution in [2.75, 3.05) is 0 Å². The van der Waals surface area contributed by atoms with E-state index in [1.54, 1.807) is 24.4 Å². The monoisotopic (exact) mass is 280 g/mol. The van der Waals surface area contributed by atoms with E-state index in [2.05, 4.69) is 15.9 Å². The van der Waals surface area contributed by atoms with Gasteiger partial charge in [0, 0.05) is 16.1 Å². The third-order valence-electron chi connectivity index (χ3n) is 2.27.